The average Bonchev–Trinajstić information content (AvgIpc) is 2.71. The Bertz CT molecular complexity index is 489. The fourth-order valence-corrected chi connectivity index (χ4v) is 2.80. The third-order valence-electron chi connectivity index (χ3n) is 3.97. The third kappa shape index (κ3) is 4.03. The Morgan fingerprint density at radius 1 is 1.33 bits per heavy atom. The van der Waals surface area contributed by atoms with E-state index in [4.69, 9.17) is 0 Å². The molecule has 1 aromatic carbocycles. The molecule has 0 aliphatic carbocycles. The summed E-state index contributed by atoms with van der Waals surface area (Å²) in [6.07, 6.45) is 3.08. The molecule has 1 saturated heterocycles. The Hall–Kier alpha value is -1.42. The van der Waals surface area contributed by atoms with Gasteiger partial charge in [0.2, 0.25) is 5.91 Å². The number of carbonyl (C=O) groups is 1. The molecule has 1 fully saturated rings. The minimum absolute atomic E-state index is 0.105. The molecule has 2 rings (SSSR count). The van der Waals surface area contributed by atoms with E-state index in [1.54, 1.807) is 6.07 Å². The van der Waals surface area contributed by atoms with E-state index in [-0.39, 0.29) is 23.9 Å². The maximum atomic E-state index is 13.4. The van der Waals surface area contributed by atoms with Crippen LogP contribution in [0.2, 0.25) is 0 Å². The van der Waals surface area contributed by atoms with Crippen molar-refractivity contribution in [3.05, 3.63) is 35.6 Å². The molecule has 2 atom stereocenters. The van der Waals surface area contributed by atoms with E-state index < -0.39 is 0 Å². The molecular weight excluding hydrogens is 267 g/mol. The highest BCUT2D eigenvalue weighted by molar-refractivity contribution is 5.84. The van der Waals surface area contributed by atoms with Gasteiger partial charge >= 0.3 is 0 Å². The van der Waals surface area contributed by atoms with Gasteiger partial charge in [0.25, 0.3) is 0 Å². The predicted octanol–water partition coefficient (Wildman–Crippen LogP) is 3.47. The largest absolute Gasteiger partial charge is 0.322 e. The van der Waals surface area contributed by atoms with Gasteiger partial charge in [-0.2, -0.15) is 0 Å². The summed E-state index contributed by atoms with van der Waals surface area (Å²) in [5, 5.41) is 3.26. The minimum Gasteiger partial charge on any atom is -0.322 e. The van der Waals surface area contributed by atoms with Gasteiger partial charge in [-0.25, -0.2) is 4.39 Å². The molecule has 1 aliphatic heterocycles. The molecule has 1 aromatic rings. The van der Waals surface area contributed by atoms with Crippen molar-refractivity contribution in [2.45, 2.75) is 52.2 Å². The van der Waals surface area contributed by atoms with E-state index in [0.29, 0.717) is 5.92 Å². The number of halogens is 1. The minimum atomic E-state index is -0.263. The zero-order chi connectivity index (χ0) is 15.4. The first-order chi connectivity index (χ1) is 9.99. The fraction of sp³-hybridized carbons (Fsp3) is 0.588. The lowest BCUT2D eigenvalue weighted by Crippen LogP contribution is -2.31. The number of rotatable bonds is 6. The topological polar surface area (TPSA) is 32.3 Å². The first kappa shape index (κ1) is 16.0. The summed E-state index contributed by atoms with van der Waals surface area (Å²) in [7, 11) is 0. The van der Waals surface area contributed by atoms with Crippen LogP contribution in [-0.2, 0) is 4.79 Å². The summed E-state index contributed by atoms with van der Waals surface area (Å²) in [5.41, 5.74) is 0.816. The van der Waals surface area contributed by atoms with Crippen LogP contribution in [0.15, 0.2) is 24.3 Å². The third-order valence-corrected chi connectivity index (χ3v) is 3.97. The average molecular weight is 292 g/mol. The van der Waals surface area contributed by atoms with Crippen molar-refractivity contribution < 1.29 is 9.18 Å². The number of hydrogen-bond acceptors (Lipinski definition) is 2. The first-order valence-electron chi connectivity index (χ1n) is 7.81. The molecule has 0 radical (unpaired) electrons. The van der Waals surface area contributed by atoms with Gasteiger partial charge in [-0.1, -0.05) is 38.8 Å². The Labute approximate surface area is 126 Å². The monoisotopic (exact) mass is 292 g/mol. The van der Waals surface area contributed by atoms with Crippen molar-refractivity contribution in [1.82, 2.24) is 10.2 Å². The van der Waals surface area contributed by atoms with Gasteiger partial charge in [-0.05, 0) is 37.0 Å². The van der Waals surface area contributed by atoms with Gasteiger partial charge in [-0.15, -0.1) is 0 Å². The lowest BCUT2D eigenvalue weighted by atomic mass is 10.1. The van der Waals surface area contributed by atoms with Gasteiger partial charge in [0.15, 0.2) is 0 Å². The molecule has 0 saturated carbocycles. The van der Waals surface area contributed by atoms with Crippen LogP contribution in [0.3, 0.4) is 0 Å². The van der Waals surface area contributed by atoms with Crippen molar-refractivity contribution in [2.24, 2.45) is 5.92 Å². The molecule has 116 valence electrons. The fourth-order valence-electron chi connectivity index (χ4n) is 2.80. The van der Waals surface area contributed by atoms with Crippen LogP contribution >= 0.6 is 0 Å². The van der Waals surface area contributed by atoms with Crippen molar-refractivity contribution in [2.75, 3.05) is 6.54 Å². The highest BCUT2D eigenvalue weighted by Gasteiger charge is 2.36. The maximum Gasteiger partial charge on any atom is 0.241 e. The van der Waals surface area contributed by atoms with Gasteiger partial charge in [-0.3, -0.25) is 10.1 Å². The molecule has 4 heteroatoms. The first-order valence-corrected chi connectivity index (χ1v) is 7.81. The Balaban J connectivity index is 2.03. The van der Waals surface area contributed by atoms with Crippen molar-refractivity contribution in [3.8, 4) is 0 Å². The SMILES string of the molecule is CC(C)CCCCN1C(=O)C(C)NC1c1cccc(F)c1. The Morgan fingerprint density at radius 2 is 2.10 bits per heavy atom. The van der Waals surface area contributed by atoms with E-state index in [2.05, 4.69) is 19.2 Å². The van der Waals surface area contributed by atoms with E-state index >= 15 is 0 Å². The van der Waals surface area contributed by atoms with Gasteiger partial charge in [0, 0.05) is 6.54 Å². The second-order valence-electron chi connectivity index (χ2n) is 6.27. The van der Waals surface area contributed by atoms with Crippen LogP contribution < -0.4 is 5.32 Å². The number of hydrogen-bond donors (Lipinski definition) is 1. The zero-order valence-corrected chi connectivity index (χ0v) is 13.1. The highest BCUT2D eigenvalue weighted by Crippen LogP contribution is 2.26. The summed E-state index contributed by atoms with van der Waals surface area (Å²) in [6, 6.07) is 6.29. The summed E-state index contributed by atoms with van der Waals surface area (Å²) in [6.45, 7) is 7.01. The van der Waals surface area contributed by atoms with Crippen LogP contribution in [-0.4, -0.2) is 23.4 Å². The molecular formula is C17H25FN2O. The number of nitrogens with zero attached hydrogens (tertiary/aromatic N) is 1. The maximum absolute atomic E-state index is 13.4. The van der Waals surface area contributed by atoms with E-state index in [1.165, 1.54) is 18.6 Å². The van der Waals surface area contributed by atoms with Gasteiger partial charge in [0.05, 0.1) is 6.04 Å². The van der Waals surface area contributed by atoms with Crippen molar-refractivity contribution in [1.29, 1.82) is 0 Å². The number of unbranched alkanes of at least 4 members (excludes halogenated alkanes) is 1. The molecule has 0 bridgehead atoms. The summed E-state index contributed by atoms with van der Waals surface area (Å²) in [5.74, 6) is 0.533. The number of nitrogens with one attached hydrogen (secondary N) is 1. The molecule has 1 amide bonds. The quantitative estimate of drug-likeness (QED) is 0.814. The standard InChI is InChI=1S/C17H25FN2O/c1-12(2)7-4-5-10-20-16(19-13(3)17(20)21)14-8-6-9-15(18)11-14/h6,8-9,11-13,16,19H,4-5,7,10H2,1-3H3. The smallest absolute Gasteiger partial charge is 0.241 e. The lowest BCUT2D eigenvalue weighted by Gasteiger charge is -2.24. The Morgan fingerprint density at radius 3 is 2.76 bits per heavy atom. The number of carbonyl (C=O) groups excluding carboxylic acids is 1. The van der Waals surface area contributed by atoms with Crippen LogP contribution in [0.4, 0.5) is 4.39 Å². The molecule has 0 aromatic heterocycles. The second kappa shape index (κ2) is 7.03. The normalized spacial score (nSPS) is 22.3. The summed E-state index contributed by atoms with van der Waals surface area (Å²) >= 11 is 0. The lowest BCUT2D eigenvalue weighted by molar-refractivity contribution is -0.129. The molecule has 0 spiro atoms. The van der Waals surface area contributed by atoms with Crippen LogP contribution in [0, 0.1) is 11.7 Å². The van der Waals surface area contributed by atoms with E-state index in [9.17, 15) is 9.18 Å². The van der Waals surface area contributed by atoms with E-state index in [1.807, 2.05) is 17.9 Å². The highest BCUT2D eigenvalue weighted by atomic mass is 19.1. The molecule has 3 nitrogen and oxygen atoms in total. The summed E-state index contributed by atoms with van der Waals surface area (Å²) < 4.78 is 13.4. The molecule has 21 heavy (non-hydrogen) atoms. The van der Waals surface area contributed by atoms with Crippen LogP contribution in [0.25, 0.3) is 0 Å². The predicted molar refractivity (Wildman–Crippen MR) is 82.1 cm³/mol. The summed E-state index contributed by atoms with van der Waals surface area (Å²) in [4.78, 5) is 14.1. The van der Waals surface area contributed by atoms with Gasteiger partial charge in [0.1, 0.15) is 12.0 Å². The van der Waals surface area contributed by atoms with Crippen molar-refractivity contribution >= 4 is 5.91 Å². The van der Waals surface area contributed by atoms with Crippen LogP contribution in [0.1, 0.15) is 51.8 Å². The Kier molecular flexibility index (Phi) is 5.34. The molecule has 1 heterocycles. The van der Waals surface area contributed by atoms with Crippen LogP contribution in [0.5, 0.6) is 0 Å². The molecule has 1 aliphatic rings. The number of amides is 1. The van der Waals surface area contributed by atoms with Crippen molar-refractivity contribution in [3.63, 3.8) is 0 Å². The van der Waals surface area contributed by atoms with Gasteiger partial charge < -0.3 is 4.90 Å². The molecule has 1 N–H and O–H groups in total. The van der Waals surface area contributed by atoms with E-state index in [0.717, 1.165) is 24.9 Å². The number of benzene rings is 1. The second-order valence-corrected chi connectivity index (χ2v) is 6.27. The molecule has 2 unspecified atom stereocenters. The zero-order valence-electron chi connectivity index (χ0n) is 13.1.